The number of carbonyl (C=O) groups excluding carboxylic acids is 1. The Morgan fingerprint density at radius 2 is 1.89 bits per heavy atom. The van der Waals surface area contributed by atoms with Gasteiger partial charge in [-0.2, -0.15) is 0 Å². The molecule has 0 saturated carbocycles. The minimum absolute atomic E-state index is 0.101. The molecule has 4 rings (SSSR count). The minimum atomic E-state index is -0.101. The number of rotatable bonds is 4. The molecular weight excluding hydrogens is 350 g/mol. The maximum absolute atomic E-state index is 12.8. The number of hydrogen-bond donors (Lipinski definition) is 0. The molecule has 28 heavy (non-hydrogen) atoms. The molecule has 142 valence electrons. The van der Waals surface area contributed by atoms with Gasteiger partial charge in [-0.3, -0.25) is 4.79 Å². The van der Waals surface area contributed by atoms with Gasteiger partial charge < -0.3 is 14.5 Å². The zero-order valence-corrected chi connectivity index (χ0v) is 16.1. The Morgan fingerprint density at radius 1 is 1.07 bits per heavy atom. The van der Waals surface area contributed by atoms with Gasteiger partial charge >= 0.3 is 0 Å². The fourth-order valence-electron chi connectivity index (χ4n) is 3.52. The second-order valence-electron chi connectivity index (χ2n) is 6.91. The SMILES string of the molecule is COc1cccc(N(C)C(=O)c2ccc(N3CCc4ccccc4C3)nc2)c1. The van der Waals surface area contributed by atoms with Crippen LogP contribution in [0.5, 0.6) is 5.75 Å². The third-order valence-electron chi connectivity index (χ3n) is 5.19. The molecule has 3 aromatic rings. The first-order valence-electron chi connectivity index (χ1n) is 9.35. The van der Waals surface area contributed by atoms with Crippen molar-refractivity contribution in [3.63, 3.8) is 0 Å². The molecule has 5 heteroatoms. The summed E-state index contributed by atoms with van der Waals surface area (Å²) in [5.74, 6) is 1.52. The van der Waals surface area contributed by atoms with Crippen molar-refractivity contribution in [2.45, 2.75) is 13.0 Å². The number of carbonyl (C=O) groups is 1. The molecule has 1 aromatic heterocycles. The van der Waals surface area contributed by atoms with Crippen molar-refractivity contribution < 1.29 is 9.53 Å². The van der Waals surface area contributed by atoms with Crippen LogP contribution in [0, 0.1) is 0 Å². The predicted octanol–water partition coefficient (Wildman–Crippen LogP) is 3.93. The molecule has 1 aliphatic heterocycles. The summed E-state index contributed by atoms with van der Waals surface area (Å²) >= 11 is 0. The summed E-state index contributed by atoms with van der Waals surface area (Å²) in [5, 5.41) is 0. The quantitative estimate of drug-likeness (QED) is 0.695. The third-order valence-corrected chi connectivity index (χ3v) is 5.19. The van der Waals surface area contributed by atoms with E-state index in [9.17, 15) is 4.79 Å². The average molecular weight is 373 g/mol. The van der Waals surface area contributed by atoms with E-state index >= 15 is 0 Å². The molecule has 0 bridgehead atoms. The highest BCUT2D eigenvalue weighted by molar-refractivity contribution is 6.05. The van der Waals surface area contributed by atoms with Crippen LogP contribution in [0.4, 0.5) is 11.5 Å². The molecule has 0 saturated heterocycles. The molecule has 0 radical (unpaired) electrons. The lowest BCUT2D eigenvalue weighted by Gasteiger charge is -2.29. The molecule has 1 amide bonds. The first kappa shape index (κ1) is 18.0. The van der Waals surface area contributed by atoms with Gasteiger partial charge in [0.05, 0.1) is 12.7 Å². The van der Waals surface area contributed by atoms with Gasteiger partial charge in [0.1, 0.15) is 11.6 Å². The van der Waals surface area contributed by atoms with Crippen LogP contribution in [0.1, 0.15) is 21.5 Å². The Labute approximate surface area is 165 Å². The Balaban J connectivity index is 1.49. The highest BCUT2D eigenvalue weighted by Crippen LogP contribution is 2.24. The Hall–Kier alpha value is -3.34. The summed E-state index contributed by atoms with van der Waals surface area (Å²) in [6.07, 6.45) is 2.67. The lowest BCUT2D eigenvalue weighted by molar-refractivity contribution is 0.0992. The zero-order chi connectivity index (χ0) is 19.5. The van der Waals surface area contributed by atoms with Gasteiger partial charge in [0.15, 0.2) is 0 Å². The number of fused-ring (bicyclic) bond motifs is 1. The van der Waals surface area contributed by atoms with Crippen molar-refractivity contribution in [2.24, 2.45) is 0 Å². The van der Waals surface area contributed by atoms with E-state index in [4.69, 9.17) is 4.74 Å². The fraction of sp³-hybridized carbons (Fsp3) is 0.217. The first-order valence-corrected chi connectivity index (χ1v) is 9.35. The number of anilines is 2. The van der Waals surface area contributed by atoms with Gasteiger partial charge in [-0.25, -0.2) is 4.98 Å². The molecule has 0 N–H and O–H groups in total. The molecular formula is C23H23N3O2. The van der Waals surface area contributed by atoms with Gasteiger partial charge in [0.2, 0.25) is 0 Å². The van der Waals surface area contributed by atoms with E-state index in [1.807, 2.05) is 36.4 Å². The van der Waals surface area contributed by atoms with E-state index in [0.29, 0.717) is 5.56 Å². The van der Waals surface area contributed by atoms with E-state index in [1.54, 1.807) is 25.3 Å². The second-order valence-corrected chi connectivity index (χ2v) is 6.91. The highest BCUT2D eigenvalue weighted by Gasteiger charge is 2.19. The Bertz CT molecular complexity index is 985. The van der Waals surface area contributed by atoms with Crippen LogP contribution in [0.3, 0.4) is 0 Å². The maximum atomic E-state index is 12.8. The Morgan fingerprint density at radius 3 is 2.64 bits per heavy atom. The van der Waals surface area contributed by atoms with Gasteiger partial charge in [0, 0.05) is 38.1 Å². The number of pyridine rings is 1. The maximum Gasteiger partial charge on any atom is 0.259 e. The summed E-state index contributed by atoms with van der Waals surface area (Å²) < 4.78 is 5.24. The monoisotopic (exact) mass is 373 g/mol. The molecule has 5 nitrogen and oxygen atoms in total. The van der Waals surface area contributed by atoms with Crippen LogP contribution in [-0.2, 0) is 13.0 Å². The molecule has 2 aromatic carbocycles. The summed E-state index contributed by atoms with van der Waals surface area (Å²) in [6, 6.07) is 19.7. The van der Waals surface area contributed by atoms with Crippen molar-refractivity contribution >= 4 is 17.4 Å². The van der Waals surface area contributed by atoms with E-state index in [1.165, 1.54) is 11.1 Å². The van der Waals surface area contributed by atoms with Gasteiger partial charge in [-0.15, -0.1) is 0 Å². The molecule has 1 aliphatic rings. The fourth-order valence-corrected chi connectivity index (χ4v) is 3.52. The van der Waals surface area contributed by atoms with E-state index < -0.39 is 0 Å². The van der Waals surface area contributed by atoms with E-state index in [-0.39, 0.29) is 5.91 Å². The second kappa shape index (κ2) is 7.72. The van der Waals surface area contributed by atoms with Crippen molar-refractivity contribution in [1.82, 2.24) is 4.98 Å². The van der Waals surface area contributed by atoms with Gasteiger partial charge in [-0.1, -0.05) is 30.3 Å². The standard InChI is InChI=1S/C23H23N3O2/c1-25(20-8-5-9-21(14-20)28-2)23(27)18-10-11-22(24-15-18)26-13-12-17-6-3-4-7-19(17)16-26/h3-11,14-15H,12-13,16H2,1-2H3. The topological polar surface area (TPSA) is 45.7 Å². The van der Waals surface area contributed by atoms with Crippen molar-refractivity contribution in [3.05, 3.63) is 83.6 Å². The number of ether oxygens (including phenoxy) is 1. The van der Waals surface area contributed by atoms with Crippen LogP contribution in [0.2, 0.25) is 0 Å². The third kappa shape index (κ3) is 3.56. The first-order chi connectivity index (χ1) is 13.7. The lowest BCUT2D eigenvalue weighted by atomic mass is 10.00. The molecule has 0 atom stereocenters. The Kier molecular flexibility index (Phi) is 4.98. The van der Waals surface area contributed by atoms with Crippen LogP contribution in [-0.4, -0.2) is 31.6 Å². The van der Waals surface area contributed by atoms with Crippen molar-refractivity contribution in [2.75, 3.05) is 30.5 Å². The van der Waals surface area contributed by atoms with Crippen molar-refractivity contribution in [3.8, 4) is 5.75 Å². The van der Waals surface area contributed by atoms with Gasteiger partial charge in [-0.05, 0) is 41.8 Å². The van der Waals surface area contributed by atoms with Crippen molar-refractivity contribution in [1.29, 1.82) is 0 Å². The summed E-state index contributed by atoms with van der Waals surface area (Å²) in [6.45, 7) is 1.78. The van der Waals surface area contributed by atoms with Crippen LogP contribution in [0.15, 0.2) is 66.9 Å². The number of methoxy groups -OCH3 is 1. The normalized spacial score (nSPS) is 13.0. The number of benzene rings is 2. The average Bonchev–Trinajstić information content (AvgIpc) is 2.78. The van der Waals surface area contributed by atoms with E-state index in [0.717, 1.165) is 36.8 Å². The highest BCUT2D eigenvalue weighted by atomic mass is 16.5. The molecule has 0 fully saturated rings. The smallest absolute Gasteiger partial charge is 0.259 e. The summed E-state index contributed by atoms with van der Waals surface area (Å²) in [5.41, 5.74) is 4.09. The summed E-state index contributed by atoms with van der Waals surface area (Å²) in [7, 11) is 3.37. The molecule has 0 spiro atoms. The number of amides is 1. The molecule has 2 heterocycles. The van der Waals surface area contributed by atoms with E-state index in [2.05, 4.69) is 34.1 Å². The van der Waals surface area contributed by atoms with Crippen LogP contribution >= 0.6 is 0 Å². The number of hydrogen-bond acceptors (Lipinski definition) is 4. The van der Waals surface area contributed by atoms with Gasteiger partial charge in [0.25, 0.3) is 5.91 Å². The molecule has 0 unspecified atom stereocenters. The number of aromatic nitrogens is 1. The predicted molar refractivity (Wildman–Crippen MR) is 111 cm³/mol. The molecule has 0 aliphatic carbocycles. The van der Waals surface area contributed by atoms with Crippen LogP contribution < -0.4 is 14.5 Å². The minimum Gasteiger partial charge on any atom is -0.497 e. The number of nitrogens with zero attached hydrogens (tertiary/aromatic N) is 3. The lowest BCUT2D eigenvalue weighted by Crippen LogP contribution is -2.31. The van der Waals surface area contributed by atoms with Crippen LogP contribution in [0.25, 0.3) is 0 Å². The summed E-state index contributed by atoms with van der Waals surface area (Å²) in [4.78, 5) is 21.2. The largest absolute Gasteiger partial charge is 0.497 e. The zero-order valence-electron chi connectivity index (χ0n) is 16.1.